The van der Waals surface area contributed by atoms with Crippen molar-refractivity contribution in [3.8, 4) is 0 Å². The summed E-state index contributed by atoms with van der Waals surface area (Å²) in [5.41, 5.74) is -0.957. The van der Waals surface area contributed by atoms with Gasteiger partial charge in [0.05, 0.1) is 15.8 Å². The lowest BCUT2D eigenvalue weighted by molar-refractivity contribution is 0.232. The number of benzene rings is 1. The van der Waals surface area contributed by atoms with Gasteiger partial charge in [-0.05, 0) is 37.0 Å². The molecular formula is C16H21FN2O4S. The SMILES string of the molecule is CC(C)C(F)CCCn1c(=O)[nH]c2cc(S(C)(=O)=O)ccc2c1=O. The molecule has 0 aliphatic heterocycles. The quantitative estimate of drug-likeness (QED) is 0.856. The zero-order valence-corrected chi connectivity index (χ0v) is 14.7. The van der Waals surface area contributed by atoms with E-state index in [0.717, 1.165) is 10.8 Å². The number of hydrogen-bond acceptors (Lipinski definition) is 4. The van der Waals surface area contributed by atoms with Gasteiger partial charge in [-0.2, -0.15) is 0 Å². The minimum Gasteiger partial charge on any atom is -0.307 e. The van der Waals surface area contributed by atoms with Crippen LogP contribution in [0.5, 0.6) is 0 Å². The third-order valence-electron chi connectivity index (χ3n) is 3.97. The summed E-state index contributed by atoms with van der Waals surface area (Å²) < 4.78 is 37.8. The lowest BCUT2D eigenvalue weighted by Crippen LogP contribution is -2.35. The van der Waals surface area contributed by atoms with E-state index in [4.69, 9.17) is 0 Å². The van der Waals surface area contributed by atoms with Gasteiger partial charge in [0, 0.05) is 12.8 Å². The maximum atomic E-state index is 13.6. The molecule has 132 valence electrons. The van der Waals surface area contributed by atoms with Crippen LogP contribution in [-0.2, 0) is 16.4 Å². The van der Waals surface area contributed by atoms with Gasteiger partial charge in [-0.3, -0.25) is 9.36 Å². The van der Waals surface area contributed by atoms with Crippen LogP contribution in [-0.4, -0.2) is 30.4 Å². The van der Waals surface area contributed by atoms with Crippen molar-refractivity contribution in [2.75, 3.05) is 6.26 Å². The summed E-state index contributed by atoms with van der Waals surface area (Å²) in [5.74, 6) is -0.106. The van der Waals surface area contributed by atoms with Crippen molar-refractivity contribution in [2.24, 2.45) is 5.92 Å². The summed E-state index contributed by atoms with van der Waals surface area (Å²) in [6, 6.07) is 3.98. The van der Waals surface area contributed by atoms with Gasteiger partial charge in [-0.1, -0.05) is 13.8 Å². The minimum atomic E-state index is -3.43. The minimum absolute atomic E-state index is 0.0278. The fourth-order valence-electron chi connectivity index (χ4n) is 2.45. The predicted molar refractivity (Wildman–Crippen MR) is 90.9 cm³/mol. The zero-order valence-electron chi connectivity index (χ0n) is 13.9. The van der Waals surface area contributed by atoms with E-state index in [0.29, 0.717) is 6.42 Å². The predicted octanol–water partition coefficient (Wildman–Crippen LogP) is 1.87. The lowest BCUT2D eigenvalue weighted by Gasteiger charge is -2.12. The molecule has 0 saturated heterocycles. The second kappa shape index (κ2) is 6.88. The summed E-state index contributed by atoms with van der Waals surface area (Å²) in [6.07, 6.45) is 0.719. The van der Waals surface area contributed by atoms with Crippen LogP contribution in [0.2, 0.25) is 0 Å². The molecule has 0 bridgehead atoms. The largest absolute Gasteiger partial charge is 0.328 e. The van der Waals surface area contributed by atoms with Gasteiger partial charge in [-0.15, -0.1) is 0 Å². The molecule has 0 fully saturated rings. The summed E-state index contributed by atoms with van der Waals surface area (Å²) in [5, 5.41) is 0.225. The van der Waals surface area contributed by atoms with Crippen molar-refractivity contribution >= 4 is 20.7 Å². The first kappa shape index (κ1) is 18.4. The Morgan fingerprint density at radius 1 is 1.25 bits per heavy atom. The number of fused-ring (bicyclic) bond motifs is 1. The van der Waals surface area contributed by atoms with Gasteiger partial charge < -0.3 is 4.98 Å². The summed E-state index contributed by atoms with van der Waals surface area (Å²) in [7, 11) is -3.43. The van der Waals surface area contributed by atoms with E-state index >= 15 is 0 Å². The summed E-state index contributed by atoms with van der Waals surface area (Å²) >= 11 is 0. The highest BCUT2D eigenvalue weighted by Gasteiger charge is 2.14. The van der Waals surface area contributed by atoms with Crippen LogP contribution in [0.1, 0.15) is 26.7 Å². The Labute approximate surface area is 139 Å². The molecule has 1 unspecified atom stereocenters. The third kappa shape index (κ3) is 3.92. The molecule has 2 rings (SSSR count). The molecule has 0 amide bonds. The number of rotatable bonds is 6. The number of sulfone groups is 1. The zero-order chi connectivity index (χ0) is 18.1. The molecular weight excluding hydrogens is 335 g/mol. The third-order valence-corrected chi connectivity index (χ3v) is 5.08. The fourth-order valence-corrected chi connectivity index (χ4v) is 3.09. The molecule has 1 aromatic carbocycles. The molecule has 1 aromatic heterocycles. The Balaban J connectivity index is 2.37. The van der Waals surface area contributed by atoms with Gasteiger partial charge in [0.15, 0.2) is 9.84 Å². The van der Waals surface area contributed by atoms with E-state index in [-0.39, 0.29) is 34.7 Å². The van der Waals surface area contributed by atoms with Crippen LogP contribution in [0, 0.1) is 5.92 Å². The van der Waals surface area contributed by atoms with E-state index in [1.54, 1.807) is 13.8 Å². The van der Waals surface area contributed by atoms with Crippen LogP contribution in [0.4, 0.5) is 4.39 Å². The summed E-state index contributed by atoms with van der Waals surface area (Å²) in [4.78, 5) is 27.1. The van der Waals surface area contributed by atoms with Crippen LogP contribution in [0.3, 0.4) is 0 Å². The molecule has 1 atom stereocenters. The maximum Gasteiger partial charge on any atom is 0.328 e. The number of hydrogen-bond donors (Lipinski definition) is 1. The highest BCUT2D eigenvalue weighted by Crippen LogP contribution is 2.15. The lowest BCUT2D eigenvalue weighted by atomic mass is 10.0. The first-order valence-electron chi connectivity index (χ1n) is 7.72. The molecule has 0 aliphatic carbocycles. The number of nitrogens with zero attached hydrogens (tertiary/aromatic N) is 1. The average molecular weight is 356 g/mol. The monoisotopic (exact) mass is 356 g/mol. The molecule has 8 heteroatoms. The number of H-pyrrole nitrogens is 1. The molecule has 1 N–H and O–H groups in total. The van der Waals surface area contributed by atoms with Crippen molar-refractivity contribution in [1.29, 1.82) is 0 Å². The van der Waals surface area contributed by atoms with Gasteiger partial charge >= 0.3 is 5.69 Å². The molecule has 0 aliphatic rings. The Bertz CT molecular complexity index is 960. The normalized spacial score (nSPS) is 13.5. The number of aromatic nitrogens is 2. The van der Waals surface area contributed by atoms with E-state index in [2.05, 4.69) is 4.98 Å². The van der Waals surface area contributed by atoms with Crippen LogP contribution in [0.25, 0.3) is 10.9 Å². The molecule has 0 spiro atoms. The van der Waals surface area contributed by atoms with E-state index < -0.39 is 27.3 Å². The van der Waals surface area contributed by atoms with E-state index in [9.17, 15) is 22.4 Å². The topological polar surface area (TPSA) is 89.0 Å². The Morgan fingerprint density at radius 2 is 1.92 bits per heavy atom. The highest BCUT2D eigenvalue weighted by atomic mass is 32.2. The van der Waals surface area contributed by atoms with Crippen LogP contribution in [0.15, 0.2) is 32.7 Å². The Hall–Kier alpha value is -1.96. The standard InChI is InChI=1S/C16H21FN2O4S/c1-10(2)13(17)5-4-8-19-15(20)12-7-6-11(24(3,22)23)9-14(12)18-16(19)21/h6-7,9-10,13H,4-5,8H2,1-3H3,(H,18,21). The molecule has 2 aromatic rings. The second-order valence-electron chi connectivity index (χ2n) is 6.27. The first-order valence-corrected chi connectivity index (χ1v) is 9.61. The van der Waals surface area contributed by atoms with Gasteiger partial charge in [0.25, 0.3) is 5.56 Å². The van der Waals surface area contributed by atoms with Crippen LogP contribution < -0.4 is 11.2 Å². The molecule has 0 radical (unpaired) electrons. The number of halogens is 1. The van der Waals surface area contributed by atoms with Gasteiger partial charge in [-0.25, -0.2) is 17.6 Å². The van der Waals surface area contributed by atoms with Crippen molar-refractivity contribution in [3.63, 3.8) is 0 Å². The van der Waals surface area contributed by atoms with Crippen molar-refractivity contribution < 1.29 is 12.8 Å². The summed E-state index contributed by atoms with van der Waals surface area (Å²) in [6.45, 7) is 3.67. The number of nitrogens with one attached hydrogen (secondary N) is 1. The van der Waals surface area contributed by atoms with Gasteiger partial charge in [0.1, 0.15) is 6.17 Å². The number of alkyl halides is 1. The first-order chi connectivity index (χ1) is 11.1. The molecule has 0 saturated carbocycles. The Kier molecular flexibility index (Phi) is 5.27. The number of aromatic amines is 1. The second-order valence-corrected chi connectivity index (χ2v) is 8.28. The fraction of sp³-hybridized carbons (Fsp3) is 0.500. The Morgan fingerprint density at radius 3 is 2.50 bits per heavy atom. The average Bonchev–Trinajstić information content (AvgIpc) is 2.48. The van der Waals surface area contributed by atoms with Crippen LogP contribution >= 0.6 is 0 Å². The smallest absolute Gasteiger partial charge is 0.307 e. The van der Waals surface area contributed by atoms with E-state index in [1.165, 1.54) is 18.2 Å². The maximum absolute atomic E-state index is 13.6. The molecule has 1 heterocycles. The van der Waals surface area contributed by atoms with E-state index in [1.807, 2.05) is 0 Å². The highest BCUT2D eigenvalue weighted by molar-refractivity contribution is 7.90. The van der Waals surface area contributed by atoms with Crippen molar-refractivity contribution in [3.05, 3.63) is 39.0 Å². The molecule has 24 heavy (non-hydrogen) atoms. The van der Waals surface area contributed by atoms with Crippen molar-refractivity contribution in [2.45, 2.75) is 44.3 Å². The molecule has 6 nitrogen and oxygen atoms in total. The van der Waals surface area contributed by atoms with Gasteiger partial charge in [0.2, 0.25) is 0 Å². The van der Waals surface area contributed by atoms with Crippen molar-refractivity contribution in [1.82, 2.24) is 9.55 Å².